The standard InChI is InChI=1S/C30H31N5O2/c1-4-27(36)34(3)25-13-9-8-12-24(25)26-18-19-32-30-28(20(2)31)29(33-35(26)30)21-14-16-23(17-15-21)37-22-10-6-5-7-11-22/h4-17,20,26,32H,1,18-19,31H2,2-3H3. The van der Waals surface area contributed by atoms with Crippen molar-refractivity contribution in [2.45, 2.75) is 25.4 Å². The molecule has 0 spiro atoms. The smallest absolute Gasteiger partial charge is 0.250 e. The van der Waals surface area contributed by atoms with Crippen LogP contribution in [0.25, 0.3) is 11.3 Å². The zero-order chi connectivity index (χ0) is 25.9. The van der Waals surface area contributed by atoms with E-state index in [-0.39, 0.29) is 18.0 Å². The number of amides is 1. The van der Waals surface area contributed by atoms with E-state index in [9.17, 15) is 4.79 Å². The summed E-state index contributed by atoms with van der Waals surface area (Å²) < 4.78 is 7.99. The van der Waals surface area contributed by atoms with Crippen LogP contribution in [0.15, 0.2) is 91.5 Å². The zero-order valence-corrected chi connectivity index (χ0v) is 21.1. The number of likely N-dealkylation sites (N-methyl/N-ethyl adjacent to an activating group) is 1. The van der Waals surface area contributed by atoms with E-state index in [2.05, 4.69) is 18.0 Å². The fourth-order valence-corrected chi connectivity index (χ4v) is 4.87. The van der Waals surface area contributed by atoms with Gasteiger partial charge in [0.2, 0.25) is 5.91 Å². The number of nitrogens with zero attached hydrogens (tertiary/aromatic N) is 3. The molecule has 1 aliphatic rings. The molecular formula is C30H31N5O2. The molecule has 1 aromatic heterocycles. The van der Waals surface area contributed by atoms with Crippen LogP contribution in [0, 0.1) is 0 Å². The third-order valence-electron chi connectivity index (χ3n) is 6.68. The summed E-state index contributed by atoms with van der Waals surface area (Å²) in [6, 6.07) is 25.3. The molecule has 37 heavy (non-hydrogen) atoms. The highest BCUT2D eigenvalue weighted by atomic mass is 16.5. The number of hydrogen-bond acceptors (Lipinski definition) is 5. The van der Waals surface area contributed by atoms with E-state index in [1.807, 2.05) is 84.4 Å². The number of carbonyl (C=O) groups is 1. The highest BCUT2D eigenvalue weighted by Crippen LogP contribution is 2.41. The molecule has 7 nitrogen and oxygen atoms in total. The Morgan fingerprint density at radius 3 is 2.49 bits per heavy atom. The summed E-state index contributed by atoms with van der Waals surface area (Å²) in [6.07, 6.45) is 2.15. The van der Waals surface area contributed by atoms with Crippen LogP contribution in [0.2, 0.25) is 0 Å². The van der Waals surface area contributed by atoms with Gasteiger partial charge in [0.05, 0.1) is 11.7 Å². The molecule has 188 valence electrons. The molecule has 3 N–H and O–H groups in total. The Hall–Kier alpha value is -4.36. The number of aromatic nitrogens is 2. The largest absolute Gasteiger partial charge is 0.457 e. The number of carbonyl (C=O) groups excluding carboxylic acids is 1. The molecule has 0 aliphatic carbocycles. The number of nitrogens with two attached hydrogens (primary N) is 1. The highest BCUT2D eigenvalue weighted by molar-refractivity contribution is 6.01. The summed E-state index contributed by atoms with van der Waals surface area (Å²) in [7, 11) is 1.77. The van der Waals surface area contributed by atoms with Gasteiger partial charge < -0.3 is 20.7 Å². The maximum absolute atomic E-state index is 12.4. The summed E-state index contributed by atoms with van der Waals surface area (Å²) in [5, 5.41) is 8.62. The fourth-order valence-electron chi connectivity index (χ4n) is 4.87. The minimum absolute atomic E-state index is 0.0561. The SMILES string of the molecule is C=CC(=O)N(C)c1ccccc1C1CCNc2c(C(C)N)c(-c3ccc(Oc4ccccc4)cc3)nn21. The molecule has 2 atom stereocenters. The quantitative estimate of drug-likeness (QED) is 0.312. The lowest BCUT2D eigenvalue weighted by atomic mass is 9.98. The number of ether oxygens (including phenoxy) is 1. The van der Waals surface area contributed by atoms with Crippen molar-refractivity contribution in [2.24, 2.45) is 5.73 Å². The van der Waals surface area contributed by atoms with Crippen molar-refractivity contribution in [1.29, 1.82) is 0 Å². The second kappa shape index (κ2) is 10.3. The average molecular weight is 494 g/mol. The van der Waals surface area contributed by atoms with Crippen molar-refractivity contribution >= 4 is 17.4 Å². The predicted molar refractivity (Wildman–Crippen MR) is 148 cm³/mol. The van der Waals surface area contributed by atoms with Crippen molar-refractivity contribution in [3.8, 4) is 22.8 Å². The lowest BCUT2D eigenvalue weighted by Gasteiger charge is -2.30. The Balaban J connectivity index is 1.54. The zero-order valence-electron chi connectivity index (χ0n) is 21.1. The molecule has 4 aromatic rings. The van der Waals surface area contributed by atoms with Crippen LogP contribution in [0.3, 0.4) is 0 Å². The number of benzene rings is 3. The molecule has 0 radical (unpaired) electrons. The number of fused-ring (bicyclic) bond motifs is 1. The van der Waals surface area contributed by atoms with E-state index in [1.54, 1.807) is 11.9 Å². The molecule has 1 aliphatic heterocycles. The van der Waals surface area contributed by atoms with Gasteiger partial charge in [-0.05, 0) is 61.9 Å². The molecule has 0 bridgehead atoms. The maximum atomic E-state index is 12.4. The third-order valence-corrected chi connectivity index (χ3v) is 6.68. The van der Waals surface area contributed by atoms with Crippen molar-refractivity contribution in [3.05, 3.63) is 103 Å². The average Bonchev–Trinajstić information content (AvgIpc) is 3.33. The first kappa shape index (κ1) is 24.3. The summed E-state index contributed by atoms with van der Waals surface area (Å²) in [4.78, 5) is 14.0. The van der Waals surface area contributed by atoms with E-state index in [0.29, 0.717) is 0 Å². The Kier molecular flexibility index (Phi) is 6.79. The summed E-state index contributed by atoms with van der Waals surface area (Å²) >= 11 is 0. The van der Waals surface area contributed by atoms with Gasteiger partial charge in [0.1, 0.15) is 17.3 Å². The molecule has 0 fully saturated rings. The van der Waals surface area contributed by atoms with Gasteiger partial charge in [-0.15, -0.1) is 0 Å². The van der Waals surface area contributed by atoms with Gasteiger partial charge in [0.15, 0.2) is 0 Å². The number of anilines is 2. The number of nitrogens with one attached hydrogen (secondary N) is 1. The normalized spacial score (nSPS) is 15.3. The second-order valence-electron chi connectivity index (χ2n) is 9.18. The van der Waals surface area contributed by atoms with E-state index in [0.717, 1.165) is 58.4 Å². The van der Waals surface area contributed by atoms with Crippen LogP contribution >= 0.6 is 0 Å². The van der Waals surface area contributed by atoms with Crippen LogP contribution < -0.4 is 20.7 Å². The summed E-state index contributed by atoms with van der Waals surface area (Å²) in [5.41, 5.74) is 11.1. The molecule has 3 aromatic carbocycles. The van der Waals surface area contributed by atoms with E-state index in [4.69, 9.17) is 15.6 Å². The van der Waals surface area contributed by atoms with E-state index in [1.165, 1.54) is 6.08 Å². The Bertz CT molecular complexity index is 1410. The van der Waals surface area contributed by atoms with Crippen molar-refractivity contribution < 1.29 is 9.53 Å². The van der Waals surface area contributed by atoms with Crippen LogP contribution in [-0.4, -0.2) is 29.3 Å². The minimum atomic E-state index is -0.231. The lowest BCUT2D eigenvalue weighted by molar-refractivity contribution is -0.113. The van der Waals surface area contributed by atoms with E-state index < -0.39 is 0 Å². The summed E-state index contributed by atoms with van der Waals surface area (Å²) in [5.74, 6) is 2.30. The molecular weight excluding hydrogens is 462 g/mol. The van der Waals surface area contributed by atoms with Gasteiger partial charge in [-0.3, -0.25) is 4.79 Å². The van der Waals surface area contributed by atoms with Gasteiger partial charge in [-0.2, -0.15) is 5.10 Å². The first-order chi connectivity index (χ1) is 18.0. The van der Waals surface area contributed by atoms with Gasteiger partial charge in [-0.1, -0.05) is 43.0 Å². The molecule has 5 rings (SSSR count). The van der Waals surface area contributed by atoms with Gasteiger partial charge in [0, 0.05) is 42.0 Å². The number of rotatable bonds is 7. The Morgan fingerprint density at radius 1 is 1.11 bits per heavy atom. The number of hydrogen-bond donors (Lipinski definition) is 2. The number of para-hydroxylation sites is 2. The molecule has 2 heterocycles. The van der Waals surface area contributed by atoms with Crippen molar-refractivity contribution in [2.75, 3.05) is 23.8 Å². The summed E-state index contributed by atoms with van der Waals surface area (Å²) in [6.45, 7) is 6.39. The molecule has 2 unspecified atom stereocenters. The molecule has 0 saturated carbocycles. The van der Waals surface area contributed by atoms with Gasteiger partial charge >= 0.3 is 0 Å². The van der Waals surface area contributed by atoms with Crippen LogP contribution in [0.5, 0.6) is 11.5 Å². The predicted octanol–water partition coefficient (Wildman–Crippen LogP) is 5.92. The Labute approximate surface area is 217 Å². The van der Waals surface area contributed by atoms with Gasteiger partial charge in [0.25, 0.3) is 0 Å². The van der Waals surface area contributed by atoms with Gasteiger partial charge in [-0.25, -0.2) is 4.68 Å². The highest BCUT2D eigenvalue weighted by Gasteiger charge is 2.31. The lowest BCUT2D eigenvalue weighted by Crippen LogP contribution is -2.29. The molecule has 0 saturated heterocycles. The first-order valence-corrected chi connectivity index (χ1v) is 12.4. The van der Waals surface area contributed by atoms with Crippen LogP contribution in [0.4, 0.5) is 11.5 Å². The monoisotopic (exact) mass is 493 g/mol. The van der Waals surface area contributed by atoms with Crippen LogP contribution in [-0.2, 0) is 4.79 Å². The molecule has 1 amide bonds. The third kappa shape index (κ3) is 4.73. The fraction of sp³-hybridized carbons (Fsp3) is 0.200. The van der Waals surface area contributed by atoms with E-state index >= 15 is 0 Å². The van der Waals surface area contributed by atoms with Crippen molar-refractivity contribution in [3.63, 3.8) is 0 Å². The first-order valence-electron chi connectivity index (χ1n) is 12.4. The minimum Gasteiger partial charge on any atom is -0.457 e. The van der Waals surface area contributed by atoms with Crippen LogP contribution in [0.1, 0.15) is 36.6 Å². The second-order valence-corrected chi connectivity index (χ2v) is 9.18. The maximum Gasteiger partial charge on any atom is 0.250 e. The Morgan fingerprint density at radius 2 is 1.78 bits per heavy atom. The topological polar surface area (TPSA) is 85.4 Å². The van der Waals surface area contributed by atoms with Crippen molar-refractivity contribution in [1.82, 2.24) is 9.78 Å². The molecule has 7 heteroatoms.